The highest BCUT2D eigenvalue weighted by molar-refractivity contribution is 5.53. The van der Waals surface area contributed by atoms with Crippen LogP contribution in [0.1, 0.15) is 58.6 Å². The van der Waals surface area contributed by atoms with Crippen molar-refractivity contribution in [1.82, 2.24) is 9.78 Å². The maximum atomic E-state index is 12.2. The summed E-state index contributed by atoms with van der Waals surface area (Å²) in [5.41, 5.74) is 5.38. The summed E-state index contributed by atoms with van der Waals surface area (Å²) in [4.78, 5) is 0. The number of aliphatic hydroxyl groups excluding tert-OH is 1. The standard InChI is InChI=1S/C28H28N2O/c1-20-21(2)30(25-18-19-25)29-26(20)27(31)28(22-12-6-3-7-13-22,23-14-8-4-9-15-23)24-16-10-5-11-17-24/h3-17,25,27,31H,18-19H2,1-2H3. The molecule has 1 N–H and O–H groups in total. The molecule has 1 fully saturated rings. The van der Waals surface area contributed by atoms with E-state index in [0.717, 1.165) is 33.6 Å². The SMILES string of the molecule is Cc1c(C(O)C(c2ccccc2)(c2ccccc2)c2ccccc2)nn(C2CC2)c1C. The summed E-state index contributed by atoms with van der Waals surface area (Å²) >= 11 is 0. The molecule has 1 atom stereocenters. The number of aliphatic hydroxyl groups is 1. The van der Waals surface area contributed by atoms with Crippen molar-refractivity contribution in [2.24, 2.45) is 0 Å². The molecule has 3 nitrogen and oxygen atoms in total. The lowest BCUT2D eigenvalue weighted by Crippen LogP contribution is -2.37. The molecular weight excluding hydrogens is 380 g/mol. The molecule has 0 bridgehead atoms. The third-order valence-electron chi connectivity index (χ3n) is 6.74. The highest BCUT2D eigenvalue weighted by Crippen LogP contribution is 2.49. The average molecular weight is 409 g/mol. The molecule has 0 aliphatic heterocycles. The minimum absolute atomic E-state index is 0.472. The molecule has 0 radical (unpaired) electrons. The monoisotopic (exact) mass is 408 g/mol. The molecule has 0 amide bonds. The molecule has 3 heteroatoms. The van der Waals surface area contributed by atoms with Crippen LogP contribution in [0.5, 0.6) is 0 Å². The molecule has 3 aromatic carbocycles. The van der Waals surface area contributed by atoms with Gasteiger partial charge < -0.3 is 5.11 Å². The largest absolute Gasteiger partial charge is 0.385 e. The first kappa shape index (κ1) is 19.8. The molecule has 1 aliphatic rings. The summed E-state index contributed by atoms with van der Waals surface area (Å²) in [5, 5.41) is 17.2. The van der Waals surface area contributed by atoms with Crippen molar-refractivity contribution in [3.05, 3.63) is 125 Å². The van der Waals surface area contributed by atoms with Gasteiger partial charge in [0.05, 0.1) is 17.2 Å². The van der Waals surface area contributed by atoms with E-state index in [-0.39, 0.29) is 0 Å². The molecule has 0 saturated heterocycles. The van der Waals surface area contributed by atoms with Crippen molar-refractivity contribution in [3.8, 4) is 0 Å². The Hall–Kier alpha value is -3.17. The van der Waals surface area contributed by atoms with E-state index >= 15 is 0 Å². The molecule has 0 spiro atoms. The third kappa shape index (κ3) is 3.21. The summed E-state index contributed by atoms with van der Waals surface area (Å²) < 4.78 is 2.12. The van der Waals surface area contributed by atoms with Gasteiger partial charge in [-0.15, -0.1) is 0 Å². The molecule has 1 saturated carbocycles. The highest BCUT2D eigenvalue weighted by Gasteiger charge is 2.46. The van der Waals surface area contributed by atoms with Crippen LogP contribution in [-0.2, 0) is 5.41 Å². The summed E-state index contributed by atoms with van der Waals surface area (Å²) in [7, 11) is 0. The van der Waals surface area contributed by atoms with Crippen LogP contribution < -0.4 is 0 Å². The summed E-state index contributed by atoms with van der Waals surface area (Å²) in [6, 6.07) is 31.5. The first-order valence-corrected chi connectivity index (χ1v) is 11.0. The Morgan fingerprint density at radius 1 is 0.774 bits per heavy atom. The van der Waals surface area contributed by atoms with Crippen LogP contribution in [0.2, 0.25) is 0 Å². The zero-order valence-corrected chi connectivity index (χ0v) is 18.1. The molecule has 4 aromatic rings. The Balaban J connectivity index is 1.81. The minimum Gasteiger partial charge on any atom is -0.385 e. The van der Waals surface area contributed by atoms with Crippen LogP contribution in [0.25, 0.3) is 0 Å². The number of hydrogen-bond donors (Lipinski definition) is 1. The van der Waals surface area contributed by atoms with E-state index in [9.17, 15) is 5.11 Å². The van der Waals surface area contributed by atoms with Crippen molar-refractivity contribution in [2.45, 2.75) is 44.2 Å². The van der Waals surface area contributed by atoms with E-state index in [4.69, 9.17) is 5.10 Å². The van der Waals surface area contributed by atoms with E-state index in [1.165, 1.54) is 12.8 Å². The normalized spacial score (nSPS) is 15.1. The van der Waals surface area contributed by atoms with Crippen LogP contribution in [0, 0.1) is 13.8 Å². The first-order chi connectivity index (χ1) is 15.1. The lowest BCUT2D eigenvalue weighted by Gasteiger charge is -2.39. The van der Waals surface area contributed by atoms with E-state index in [1.54, 1.807) is 0 Å². The molecule has 156 valence electrons. The fourth-order valence-electron chi connectivity index (χ4n) is 4.84. The van der Waals surface area contributed by atoms with E-state index < -0.39 is 11.5 Å². The van der Waals surface area contributed by atoms with Gasteiger partial charge in [0, 0.05) is 5.69 Å². The second kappa shape index (κ2) is 7.82. The third-order valence-corrected chi connectivity index (χ3v) is 6.74. The molecule has 1 heterocycles. The number of hydrogen-bond acceptors (Lipinski definition) is 2. The Kier molecular flexibility index (Phi) is 4.99. The number of nitrogens with zero attached hydrogens (tertiary/aromatic N) is 2. The second-order valence-corrected chi connectivity index (χ2v) is 8.58. The molecule has 31 heavy (non-hydrogen) atoms. The van der Waals surface area contributed by atoms with Gasteiger partial charge >= 0.3 is 0 Å². The zero-order chi connectivity index (χ0) is 21.4. The molecule has 1 aliphatic carbocycles. The Morgan fingerprint density at radius 3 is 1.58 bits per heavy atom. The maximum absolute atomic E-state index is 12.2. The quantitative estimate of drug-likeness (QED) is 0.403. The van der Waals surface area contributed by atoms with Crippen LogP contribution in [0.15, 0.2) is 91.0 Å². The summed E-state index contributed by atoms with van der Waals surface area (Å²) in [5.74, 6) is 0. The van der Waals surface area contributed by atoms with Gasteiger partial charge in [0.25, 0.3) is 0 Å². The number of benzene rings is 3. The lowest BCUT2D eigenvalue weighted by molar-refractivity contribution is 0.116. The average Bonchev–Trinajstić information content (AvgIpc) is 3.62. The Bertz CT molecular complexity index is 1070. The van der Waals surface area contributed by atoms with Gasteiger partial charge in [-0.25, -0.2) is 0 Å². The lowest BCUT2D eigenvalue weighted by atomic mass is 9.64. The first-order valence-electron chi connectivity index (χ1n) is 11.0. The molecular formula is C28H28N2O. The fraction of sp³-hybridized carbons (Fsp3) is 0.250. The highest BCUT2D eigenvalue weighted by atomic mass is 16.3. The second-order valence-electron chi connectivity index (χ2n) is 8.58. The van der Waals surface area contributed by atoms with E-state index in [1.807, 2.05) is 54.6 Å². The van der Waals surface area contributed by atoms with Gasteiger partial charge in [-0.3, -0.25) is 4.68 Å². The van der Waals surface area contributed by atoms with Gasteiger partial charge in [0.2, 0.25) is 0 Å². The molecule has 1 aromatic heterocycles. The van der Waals surface area contributed by atoms with Crippen LogP contribution in [-0.4, -0.2) is 14.9 Å². The molecule has 5 rings (SSSR count). The van der Waals surface area contributed by atoms with Crippen molar-refractivity contribution in [3.63, 3.8) is 0 Å². The smallest absolute Gasteiger partial charge is 0.116 e. The van der Waals surface area contributed by atoms with Gasteiger partial charge in [-0.2, -0.15) is 5.10 Å². The topological polar surface area (TPSA) is 38.1 Å². The van der Waals surface area contributed by atoms with E-state index in [0.29, 0.717) is 6.04 Å². The minimum atomic E-state index is -0.835. The predicted octanol–water partition coefficient (Wildman–Crippen LogP) is 5.90. The van der Waals surface area contributed by atoms with Crippen molar-refractivity contribution in [2.75, 3.05) is 0 Å². The summed E-state index contributed by atoms with van der Waals surface area (Å²) in [6.45, 7) is 4.21. The van der Waals surface area contributed by atoms with Crippen LogP contribution in [0.4, 0.5) is 0 Å². The fourth-order valence-corrected chi connectivity index (χ4v) is 4.84. The van der Waals surface area contributed by atoms with Gasteiger partial charge in [-0.05, 0) is 48.9 Å². The number of rotatable bonds is 6. The number of aromatic nitrogens is 2. The van der Waals surface area contributed by atoms with Gasteiger partial charge in [-0.1, -0.05) is 91.0 Å². The summed E-state index contributed by atoms with van der Waals surface area (Å²) in [6.07, 6.45) is 1.50. The molecule has 1 unspecified atom stereocenters. The zero-order valence-electron chi connectivity index (χ0n) is 18.1. The maximum Gasteiger partial charge on any atom is 0.116 e. The Morgan fingerprint density at radius 2 is 1.19 bits per heavy atom. The Labute approximate surface area is 184 Å². The van der Waals surface area contributed by atoms with E-state index in [2.05, 4.69) is 54.9 Å². The van der Waals surface area contributed by atoms with Gasteiger partial charge in [0.1, 0.15) is 6.10 Å². The van der Waals surface area contributed by atoms with Crippen molar-refractivity contribution < 1.29 is 5.11 Å². The van der Waals surface area contributed by atoms with Crippen LogP contribution in [0.3, 0.4) is 0 Å². The van der Waals surface area contributed by atoms with Crippen molar-refractivity contribution >= 4 is 0 Å². The predicted molar refractivity (Wildman–Crippen MR) is 124 cm³/mol. The van der Waals surface area contributed by atoms with Crippen molar-refractivity contribution in [1.29, 1.82) is 0 Å². The van der Waals surface area contributed by atoms with Gasteiger partial charge in [0.15, 0.2) is 0 Å². The van der Waals surface area contributed by atoms with Crippen LogP contribution >= 0.6 is 0 Å².